The van der Waals surface area contributed by atoms with Crippen molar-refractivity contribution in [3.63, 3.8) is 0 Å². The van der Waals surface area contributed by atoms with E-state index in [1.54, 1.807) is 19.1 Å². The summed E-state index contributed by atoms with van der Waals surface area (Å²) in [5, 5.41) is 10.3. The van der Waals surface area contributed by atoms with E-state index in [1.165, 1.54) is 6.07 Å². The number of hydrogen-bond donors (Lipinski definition) is 1. The average molecular weight is 169 g/mol. The van der Waals surface area contributed by atoms with Crippen LogP contribution in [-0.4, -0.2) is 4.92 Å². The summed E-state index contributed by atoms with van der Waals surface area (Å²) in [5.41, 5.74) is 0.783. The highest BCUT2D eigenvalue weighted by molar-refractivity contribution is 7.80. The van der Waals surface area contributed by atoms with Crippen LogP contribution in [0.2, 0.25) is 0 Å². The van der Waals surface area contributed by atoms with Crippen molar-refractivity contribution in [2.45, 2.75) is 11.8 Å². The SMILES string of the molecule is Cc1cc(S)ccc1[N+](=O)[O-]. The fourth-order valence-electron chi connectivity index (χ4n) is 0.844. The Bertz CT molecular complexity index is 298. The highest BCUT2D eigenvalue weighted by atomic mass is 32.1. The van der Waals surface area contributed by atoms with Crippen molar-refractivity contribution >= 4 is 18.3 Å². The molecule has 1 aromatic carbocycles. The zero-order chi connectivity index (χ0) is 8.43. The van der Waals surface area contributed by atoms with Crippen LogP contribution < -0.4 is 0 Å². The van der Waals surface area contributed by atoms with Crippen LogP contribution in [0.4, 0.5) is 5.69 Å². The highest BCUT2D eigenvalue weighted by Crippen LogP contribution is 2.19. The first kappa shape index (κ1) is 8.07. The van der Waals surface area contributed by atoms with Gasteiger partial charge in [-0.05, 0) is 19.1 Å². The number of thiol groups is 1. The highest BCUT2D eigenvalue weighted by Gasteiger charge is 2.08. The van der Waals surface area contributed by atoms with Crippen molar-refractivity contribution in [3.05, 3.63) is 33.9 Å². The monoisotopic (exact) mass is 169 g/mol. The minimum absolute atomic E-state index is 0.141. The summed E-state index contributed by atoms with van der Waals surface area (Å²) < 4.78 is 0. The second kappa shape index (κ2) is 2.92. The number of aryl methyl sites for hydroxylation is 1. The largest absolute Gasteiger partial charge is 0.272 e. The minimum atomic E-state index is -0.400. The van der Waals surface area contributed by atoms with Crippen LogP contribution in [0.3, 0.4) is 0 Å². The Balaban J connectivity index is 3.20. The van der Waals surface area contributed by atoms with Gasteiger partial charge < -0.3 is 0 Å². The first-order valence-corrected chi connectivity index (χ1v) is 3.50. The summed E-state index contributed by atoms with van der Waals surface area (Å²) in [6.07, 6.45) is 0. The van der Waals surface area contributed by atoms with E-state index in [2.05, 4.69) is 12.6 Å². The molecule has 0 spiro atoms. The molecule has 0 fully saturated rings. The van der Waals surface area contributed by atoms with Crippen LogP contribution in [0, 0.1) is 17.0 Å². The molecular formula is C7H7NO2S. The number of nitro benzene ring substituents is 1. The molecule has 0 aliphatic rings. The molecule has 3 nitrogen and oxygen atoms in total. The van der Waals surface area contributed by atoms with Crippen LogP contribution in [0.5, 0.6) is 0 Å². The van der Waals surface area contributed by atoms with Gasteiger partial charge in [-0.3, -0.25) is 10.1 Å². The maximum atomic E-state index is 10.3. The molecule has 58 valence electrons. The molecule has 0 bridgehead atoms. The lowest BCUT2D eigenvalue weighted by atomic mass is 10.2. The van der Waals surface area contributed by atoms with Gasteiger partial charge in [-0.1, -0.05) is 0 Å². The van der Waals surface area contributed by atoms with E-state index in [-0.39, 0.29) is 5.69 Å². The van der Waals surface area contributed by atoms with Crippen molar-refractivity contribution < 1.29 is 4.92 Å². The molecule has 4 heteroatoms. The van der Waals surface area contributed by atoms with Gasteiger partial charge in [0.25, 0.3) is 5.69 Å². The summed E-state index contributed by atoms with van der Waals surface area (Å²) in [6, 6.07) is 4.73. The molecule has 0 unspecified atom stereocenters. The Morgan fingerprint density at radius 3 is 2.64 bits per heavy atom. The number of nitrogens with zero attached hydrogens (tertiary/aromatic N) is 1. The molecule has 1 rings (SSSR count). The van der Waals surface area contributed by atoms with Crippen molar-refractivity contribution in [3.8, 4) is 0 Å². The zero-order valence-corrected chi connectivity index (χ0v) is 6.84. The number of hydrogen-bond acceptors (Lipinski definition) is 3. The van der Waals surface area contributed by atoms with Crippen molar-refractivity contribution in [2.75, 3.05) is 0 Å². The van der Waals surface area contributed by atoms with Gasteiger partial charge in [-0.25, -0.2) is 0 Å². The Morgan fingerprint density at radius 2 is 2.18 bits per heavy atom. The lowest BCUT2D eigenvalue weighted by molar-refractivity contribution is -0.385. The van der Waals surface area contributed by atoms with Crippen LogP contribution in [0.15, 0.2) is 23.1 Å². The third kappa shape index (κ3) is 1.71. The van der Waals surface area contributed by atoms with Crippen LogP contribution in [-0.2, 0) is 0 Å². The smallest absolute Gasteiger partial charge is 0.258 e. The molecule has 0 amide bonds. The zero-order valence-electron chi connectivity index (χ0n) is 5.94. The van der Waals surface area contributed by atoms with Gasteiger partial charge in [0.2, 0.25) is 0 Å². The molecule has 0 atom stereocenters. The molecule has 0 heterocycles. The number of benzene rings is 1. The number of rotatable bonds is 1. The average Bonchev–Trinajstić information content (AvgIpc) is 1.85. The first-order valence-electron chi connectivity index (χ1n) is 3.05. The maximum Gasteiger partial charge on any atom is 0.272 e. The van der Waals surface area contributed by atoms with Crippen LogP contribution in [0.1, 0.15) is 5.56 Å². The van der Waals surface area contributed by atoms with Crippen molar-refractivity contribution in [1.29, 1.82) is 0 Å². The predicted octanol–water partition coefficient (Wildman–Crippen LogP) is 2.19. The van der Waals surface area contributed by atoms with Crippen molar-refractivity contribution in [1.82, 2.24) is 0 Å². The lowest BCUT2D eigenvalue weighted by Crippen LogP contribution is -1.90. The summed E-state index contributed by atoms with van der Waals surface area (Å²) in [7, 11) is 0. The van der Waals surface area contributed by atoms with Gasteiger partial charge in [0.15, 0.2) is 0 Å². The fourth-order valence-corrected chi connectivity index (χ4v) is 1.11. The van der Waals surface area contributed by atoms with E-state index in [9.17, 15) is 10.1 Å². The standard InChI is InChI=1S/C7H7NO2S/c1-5-4-6(11)2-3-7(5)8(9)10/h2-4,11H,1H3. The van der Waals surface area contributed by atoms with E-state index in [1.807, 2.05) is 0 Å². The van der Waals surface area contributed by atoms with Gasteiger partial charge in [-0.15, -0.1) is 12.6 Å². The van der Waals surface area contributed by atoms with Crippen LogP contribution in [0.25, 0.3) is 0 Å². The predicted molar refractivity (Wildman–Crippen MR) is 45.1 cm³/mol. The fraction of sp³-hybridized carbons (Fsp3) is 0.143. The molecule has 11 heavy (non-hydrogen) atoms. The first-order chi connectivity index (χ1) is 5.11. The Morgan fingerprint density at radius 1 is 1.55 bits per heavy atom. The topological polar surface area (TPSA) is 43.1 Å². The second-order valence-electron chi connectivity index (χ2n) is 2.23. The van der Waals surface area contributed by atoms with Crippen LogP contribution >= 0.6 is 12.6 Å². The van der Waals surface area contributed by atoms with Crippen molar-refractivity contribution in [2.24, 2.45) is 0 Å². The van der Waals surface area contributed by atoms with Gasteiger partial charge in [-0.2, -0.15) is 0 Å². The molecular weight excluding hydrogens is 162 g/mol. The normalized spacial score (nSPS) is 9.64. The molecule has 1 aromatic rings. The summed E-state index contributed by atoms with van der Waals surface area (Å²) in [6.45, 7) is 1.69. The Hall–Kier alpha value is -1.03. The minimum Gasteiger partial charge on any atom is -0.258 e. The number of nitro groups is 1. The molecule has 0 aliphatic heterocycles. The molecule has 0 N–H and O–H groups in total. The van der Waals surface area contributed by atoms with Gasteiger partial charge in [0.1, 0.15) is 0 Å². The Labute approximate surface area is 69.6 Å². The van der Waals surface area contributed by atoms with Gasteiger partial charge >= 0.3 is 0 Å². The molecule has 0 saturated carbocycles. The lowest BCUT2D eigenvalue weighted by Gasteiger charge is -1.96. The Kier molecular flexibility index (Phi) is 2.14. The van der Waals surface area contributed by atoms with Gasteiger partial charge in [0.05, 0.1) is 4.92 Å². The van der Waals surface area contributed by atoms with E-state index in [4.69, 9.17) is 0 Å². The quantitative estimate of drug-likeness (QED) is 0.398. The third-order valence-electron chi connectivity index (χ3n) is 1.38. The maximum absolute atomic E-state index is 10.3. The summed E-state index contributed by atoms with van der Waals surface area (Å²) in [4.78, 5) is 10.7. The molecule has 0 aliphatic carbocycles. The summed E-state index contributed by atoms with van der Waals surface area (Å²) >= 11 is 4.05. The molecule has 0 saturated heterocycles. The third-order valence-corrected chi connectivity index (χ3v) is 1.66. The van der Waals surface area contributed by atoms with E-state index >= 15 is 0 Å². The van der Waals surface area contributed by atoms with E-state index in [0.717, 1.165) is 4.90 Å². The van der Waals surface area contributed by atoms with E-state index in [0.29, 0.717) is 5.56 Å². The second-order valence-corrected chi connectivity index (χ2v) is 2.74. The van der Waals surface area contributed by atoms with E-state index < -0.39 is 4.92 Å². The summed E-state index contributed by atoms with van der Waals surface area (Å²) in [5.74, 6) is 0. The van der Waals surface area contributed by atoms with Gasteiger partial charge in [0, 0.05) is 16.5 Å². The molecule has 0 radical (unpaired) electrons. The molecule has 0 aromatic heterocycles.